The van der Waals surface area contributed by atoms with Gasteiger partial charge in [-0.2, -0.15) is 10.2 Å². The van der Waals surface area contributed by atoms with Gasteiger partial charge in [-0.3, -0.25) is 4.99 Å². The Morgan fingerprint density at radius 1 is 0.957 bits per heavy atom. The molecule has 0 radical (unpaired) electrons. The highest BCUT2D eigenvalue weighted by molar-refractivity contribution is 6.15. The first-order chi connectivity index (χ1) is 10.7. The molecule has 0 spiro atoms. The summed E-state index contributed by atoms with van der Waals surface area (Å²) in [5, 5.41) is 8.80. The maximum atomic E-state index is 5.01. The van der Waals surface area contributed by atoms with Crippen molar-refractivity contribution in [3.63, 3.8) is 0 Å². The molecule has 1 aromatic rings. The van der Waals surface area contributed by atoms with E-state index in [1.54, 1.807) is 0 Å². The lowest BCUT2D eigenvalue weighted by atomic mass is 9.73. The predicted molar refractivity (Wildman–Crippen MR) is 101 cm³/mol. The molecule has 0 aliphatic carbocycles. The van der Waals surface area contributed by atoms with Gasteiger partial charge in [-0.25, -0.2) is 0 Å². The van der Waals surface area contributed by atoms with Crippen molar-refractivity contribution in [2.45, 2.75) is 55.4 Å². The van der Waals surface area contributed by atoms with Gasteiger partial charge < -0.3 is 0 Å². The SMILES string of the molecule is CC1=NN=C(C)C(C)(C(C)=Nc2c(C)cccc2C)C(C)=C1C. The molecule has 0 bridgehead atoms. The van der Waals surface area contributed by atoms with E-state index in [2.05, 4.69) is 69.9 Å². The van der Waals surface area contributed by atoms with Gasteiger partial charge in [0.1, 0.15) is 0 Å². The molecule has 1 aliphatic rings. The summed E-state index contributed by atoms with van der Waals surface area (Å²) in [5.41, 5.74) is 8.63. The number of hydrogen-bond donors (Lipinski definition) is 0. The molecule has 1 aliphatic heterocycles. The molecule has 1 atom stereocenters. The minimum atomic E-state index is -0.305. The van der Waals surface area contributed by atoms with Crippen molar-refractivity contribution in [1.82, 2.24) is 0 Å². The van der Waals surface area contributed by atoms with Crippen molar-refractivity contribution in [1.29, 1.82) is 0 Å². The average Bonchev–Trinajstić information content (AvgIpc) is 2.58. The molecule has 0 saturated carbocycles. The van der Waals surface area contributed by atoms with Crippen molar-refractivity contribution in [2.75, 3.05) is 0 Å². The van der Waals surface area contributed by atoms with E-state index < -0.39 is 0 Å². The summed E-state index contributed by atoms with van der Waals surface area (Å²) >= 11 is 0. The van der Waals surface area contributed by atoms with Gasteiger partial charge in [-0.05, 0) is 72.1 Å². The van der Waals surface area contributed by atoms with Gasteiger partial charge in [-0.1, -0.05) is 23.8 Å². The van der Waals surface area contributed by atoms with E-state index in [1.807, 2.05) is 13.8 Å². The van der Waals surface area contributed by atoms with Crippen LogP contribution in [0.4, 0.5) is 5.69 Å². The summed E-state index contributed by atoms with van der Waals surface area (Å²) in [6.07, 6.45) is 0. The van der Waals surface area contributed by atoms with Crippen LogP contribution in [0.2, 0.25) is 0 Å². The van der Waals surface area contributed by atoms with Gasteiger partial charge in [0, 0.05) is 5.71 Å². The van der Waals surface area contributed by atoms with E-state index in [1.165, 1.54) is 22.3 Å². The number of allylic oxidation sites excluding steroid dienone is 2. The first-order valence-corrected chi connectivity index (χ1v) is 8.09. The molecule has 3 nitrogen and oxygen atoms in total. The van der Waals surface area contributed by atoms with Crippen LogP contribution in [0.1, 0.15) is 52.7 Å². The van der Waals surface area contributed by atoms with Crippen LogP contribution in [0, 0.1) is 19.3 Å². The van der Waals surface area contributed by atoms with E-state index in [-0.39, 0.29) is 5.41 Å². The molecule has 0 saturated heterocycles. The average molecular weight is 309 g/mol. The fourth-order valence-corrected chi connectivity index (χ4v) is 3.04. The third-order valence-corrected chi connectivity index (χ3v) is 5.37. The molecule has 1 aromatic carbocycles. The second kappa shape index (κ2) is 6.23. The molecule has 23 heavy (non-hydrogen) atoms. The zero-order valence-corrected chi connectivity index (χ0v) is 15.6. The largest absolute Gasteiger partial charge is 0.256 e. The van der Waals surface area contributed by atoms with Crippen LogP contribution in [-0.4, -0.2) is 17.1 Å². The van der Waals surface area contributed by atoms with Crippen LogP contribution in [0.25, 0.3) is 0 Å². The summed E-state index contributed by atoms with van der Waals surface area (Å²) in [4.78, 5) is 5.01. The number of nitrogens with zero attached hydrogens (tertiary/aromatic N) is 3. The van der Waals surface area contributed by atoms with Crippen molar-refractivity contribution in [3.05, 3.63) is 40.5 Å². The van der Waals surface area contributed by atoms with E-state index in [0.717, 1.165) is 22.8 Å². The minimum absolute atomic E-state index is 0.305. The number of benzene rings is 1. The molecule has 0 fully saturated rings. The topological polar surface area (TPSA) is 37.1 Å². The number of rotatable bonds is 2. The first-order valence-electron chi connectivity index (χ1n) is 8.09. The van der Waals surface area contributed by atoms with Crippen molar-refractivity contribution < 1.29 is 0 Å². The molecular weight excluding hydrogens is 282 g/mol. The molecule has 0 aromatic heterocycles. The Morgan fingerprint density at radius 2 is 1.52 bits per heavy atom. The second-order valence-corrected chi connectivity index (χ2v) is 6.68. The Balaban J connectivity index is 2.65. The number of aryl methyl sites for hydroxylation is 2. The van der Waals surface area contributed by atoms with Gasteiger partial charge in [-0.15, -0.1) is 0 Å². The van der Waals surface area contributed by atoms with Gasteiger partial charge in [0.2, 0.25) is 0 Å². The summed E-state index contributed by atoms with van der Waals surface area (Å²) < 4.78 is 0. The molecule has 3 heteroatoms. The smallest absolute Gasteiger partial charge is 0.0687 e. The monoisotopic (exact) mass is 309 g/mol. The van der Waals surface area contributed by atoms with E-state index >= 15 is 0 Å². The molecule has 0 amide bonds. The summed E-state index contributed by atoms with van der Waals surface area (Å²) in [5.74, 6) is 0. The maximum absolute atomic E-state index is 5.01. The highest BCUT2D eigenvalue weighted by Gasteiger charge is 2.36. The third-order valence-electron chi connectivity index (χ3n) is 5.37. The number of para-hydroxylation sites is 1. The maximum Gasteiger partial charge on any atom is 0.0687 e. The van der Waals surface area contributed by atoms with Crippen LogP contribution < -0.4 is 0 Å². The Bertz CT molecular complexity index is 743. The van der Waals surface area contributed by atoms with Crippen LogP contribution in [0.15, 0.2) is 44.5 Å². The summed E-state index contributed by atoms with van der Waals surface area (Å²) in [7, 11) is 0. The lowest BCUT2D eigenvalue weighted by Gasteiger charge is -2.31. The fourth-order valence-electron chi connectivity index (χ4n) is 3.04. The van der Waals surface area contributed by atoms with Crippen LogP contribution in [0.3, 0.4) is 0 Å². The van der Waals surface area contributed by atoms with Crippen molar-refractivity contribution in [3.8, 4) is 0 Å². The highest BCUT2D eigenvalue weighted by Crippen LogP contribution is 2.37. The number of hydrogen-bond acceptors (Lipinski definition) is 3. The Labute approximate surface area is 140 Å². The molecule has 1 unspecified atom stereocenters. The Hall–Kier alpha value is -2.03. The fraction of sp³-hybridized carbons (Fsp3) is 0.450. The summed E-state index contributed by atoms with van der Waals surface area (Å²) in [6, 6.07) is 6.29. The zero-order valence-electron chi connectivity index (χ0n) is 15.6. The molecular formula is C20H27N3. The molecule has 122 valence electrons. The minimum Gasteiger partial charge on any atom is -0.256 e. The lowest BCUT2D eigenvalue weighted by Crippen LogP contribution is -2.35. The second-order valence-electron chi connectivity index (χ2n) is 6.68. The third kappa shape index (κ3) is 2.92. The van der Waals surface area contributed by atoms with E-state index in [4.69, 9.17) is 4.99 Å². The van der Waals surface area contributed by atoms with Crippen molar-refractivity contribution >= 4 is 22.8 Å². The standard InChI is InChI=1S/C20H27N3/c1-12-10-9-11-13(2)19(12)21-17(6)20(8)15(4)14(3)16(5)22-23-18(20)7/h9-11H,1-8H3. The molecule has 1 heterocycles. The van der Waals surface area contributed by atoms with Gasteiger partial charge >= 0.3 is 0 Å². The number of aliphatic imine (C=N–C) groups is 1. The highest BCUT2D eigenvalue weighted by atomic mass is 15.2. The predicted octanol–water partition coefficient (Wildman–Crippen LogP) is 5.59. The van der Waals surface area contributed by atoms with E-state index in [9.17, 15) is 0 Å². The zero-order chi connectivity index (χ0) is 17.4. The van der Waals surface area contributed by atoms with Gasteiger partial charge in [0.15, 0.2) is 0 Å². The van der Waals surface area contributed by atoms with Crippen LogP contribution >= 0.6 is 0 Å². The van der Waals surface area contributed by atoms with E-state index in [0.29, 0.717) is 0 Å². The quantitative estimate of drug-likeness (QED) is 0.639. The van der Waals surface area contributed by atoms with Crippen LogP contribution in [0.5, 0.6) is 0 Å². The normalized spacial score (nSPS) is 22.7. The lowest BCUT2D eigenvalue weighted by molar-refractivity contribution is 0.745. The Morgan fingerprint density at radius 3 is 2.09 bits per heavy atom. The summed E-state index contributed by atoms with van der Waals surface area (Å²) in [6.45, 7) is 16.9. The first kappa shape index (κ1) is 17.3. The van der Waals surface area contributed by atoms with Crippen molar-refractivity contribution in [2.24, 2.45) is 20.6 Å². The van der Waals surface area contributed by atoms with Crippen LogP contribution in [-0.2, 0) is 0 Å². The van der Waals surface area contributed by atoms with Gasteiger partial charge in [0.25, 0.3) is 0 Å². The Kier molecular flexibility index (Phi) is 4.69. The molecule has 2 rings (SSSR count). The molecule has 0 N–H and O–H groups in total. The van der Waals surface area contributed by atoms with Gasteiger partial charge in [0.05, 0.1) is 22.5 Å².